The Hall–Kier alpha value is -2.12. The van der Waals surface area contributed by atoms with Crippen LogP contribution in [-0.2, 0) is 10.0 Å². The average molecular weight is 333 g/mol. The van der Waals surface area contributed by atoms with Gasteiger partial charge in [0.05, 0.1) is 16.8 Å². The van der Waals surface area contributed by atoms with Gasteiger partial charge in [-0.15, -0.1) is 0 Å². The van der Waals surface area contributed by atoms with E-state index in [4.69, 9.17) is 4.74 Å². The molecule has 23 heavy (non-hydrogen) atoms. The number of hydrogen-bond donors (Lipinski definition) is 2. The van der Waals surface area contributed by atoms with E-state index in [-0.39, 0.29) is 11.0 Å². The molecule has 1 aliphatic heterocycles. The molecule has 1 aromatic heterocycles. The Labute approximate surface area is 136 Å². The lowest BCUT2D eigenvalue weighted by Gasteiger charge is -2.23. The molecular formula is C16H19N3O3S. The third-order valence-electron chi connectivity index (χ3n) is 3.62. The van der Waals surface area contributed by atoms with Crippen LogP contribution < -0.4 is 14.8 Å². The summed E-state index contributed by atoms with van der Waals surface area (Å²) in [6.07, 6.45) is 3.53. The van der Waals surface area contributed by atoms with Crippen molar-refractivity contribution in [2.45, 2.75) is 23.8 Å². The molecule has 2 heterocycles. The van der Waals surface area contributed by atoms with E-state index < -0.39 is 10.0 Å². The van der Waals surface area contributed by atoms with Crippen LogP contribution in [0.5, 0.6) is 5.88 Å². The van der Waals surface area contributed by atoms with Crippen LogP contribution in [0.1, 0.15) is 12.8 Å². The first-order valence-electron chi connectivity index (χ1n) is 7.55. The summed E-state index contributed by atoms with van der Waals surface area (Å²) in [7, 11) is -3.59. The molecule has 1 aliphatic rings. The normalized spacial score (nSPS) is 16.0. The molecule has 2 aromatic rings. The molecule has 1 fully saturated rings. The van der Waals surface area contributed by atoms with Gasteiger partial charge in [0.2, 0.25) is 5.88 Å². The number of nitrogens with one attached hydrogen (secondary N) is 2. The highest BCUT2D eigenvalue weighted by Gasteiger charge is 2.16. The minimum absolute atomic E-state index is 0.163. The van der Waals surface area contributed by atoms with E-state index in [1.54, 1.807) is 42.5 Å². The SMILES string of the molecule is O=S(=O)(Nc1ccc(OC2CCNCC2)nc1)c1ccccc1. The van der Waals surface area contributed by atoms with Gasteiger partial charge in [-0.3, -0.25) is 4.72 Å². The molecule has 0 unspecified atom stereocenters. The second kappa shape index (κ2) is 6.97. The molecule has 3 rings (SSSR count). The lowest BCUT2D eigenvalue weighted by molar-refractivity contribution is 0.156. The highest BCUT2D eigenvalue weighted by atomic mass is 32.2. The van der Waals surface area contributed by atoms with Gasteiger partial charge in [-0.05, 0) is 44.1 Å². The van der Waals surface area contributed by atoms with E-state index in [1.165, 1.54) is 6.20 Å². The molecule has 0 bridgehead atoms. The van der Waals surface area contributed by atoms with Crippen LogP contribution in [0.25, 0.3) is 0 Å². The summed E-state index contributed by atoms with van der Waals surface area (Å²) in [5.74, 6) is 0.513. The van der Waals surface area contributed by atoms with Gasteiger partial charge < -0.3 is 10.1 Å². The van der Waals surface area contributed by atoms with E-state index in [0.29, 0.717) is 11.6 Å². The minimum atomic E-state index is -3.59. The number of benzene rings is 1. The van der Waals surface area contributed by atoms with Crippen LogP contribution in [0, 0.1) is 0 Å². The van der Waals surface area contributed by atoms with Crippen molar-refractivity contribution in [3.8, 4) is 5.88 Å². The van der Waals surface area contributed by atoms with Gasteiger partial charge in [0.15, 0.2) is 0 Å². The Bertz CT molecular complexity index is 727. The number of aromatic nitrogens is 1. The highest BCUT2D eigenvalue weighted by molar-refractivity contribution is 7.92. The first-order valence-corrected chi connectivity index (χ1v) is 9.03. The minimum Gasteiger partial charge on any atom is -0.474 e. The van der Waals surface area contributed by atoms with Crippen LogP contribution in [0.15, 0.2) is 53.6 Å². The summed E-state index contributed by atoms with van der Waals surface area (Å²) in [4.78, 5) is 4.40. The molecule has 0 aliphatic carbocycles. The van der Waals surface area contributed by atoms with Gasteiger partial charge in [-0.1, -0.05) is 18.2 Å². The summed E-state index contributed by atoms with van der Waals surface area (Å²) < 4.78 is 32.8. The van der Waals surface area contributed by atoms with E-state index in [1.807, 2.05) is 0 Å². The molecule has 0 atom stereocenters. The molecule has 0 radical (unpaired) electrons. The number of piperidine rings is 1. The number of nitrogens with zero attached hydrogens (tertiary/aromatic N) is 1. The van der Waals surface area contributed by atoms with Crippen LogP contribution in [-0.4, -0.2) is 32.6 Å². The third-order valence-corrected chi connectivity index (χ3v) is 5.01. The first kappa shape index (κ1) is 15.8. The largest absolute Gasteiger partial charge is 0.474 e. The second-order valence-electron chi connectivity index (χ2n) is 5.37. The summed E-state index contributed by atoms with van der Waals surface area (Å²) in [5.41, 5.74) is 0.409. The van der Waals surface area contributed by atoms with E-state index >= 15 is 0 Å². The molecule has 7 heteroatoms. The summed E-state index contributed by atoms with van der Waals surface area (Å²) >= 11 is 0. The van der Waals surface area contributed by atoms with Gasteiger partial charge in [-0.2, -0.15) is 0 Å². The van der Waals surface area contributed by atoms with Crippen LogP contribution in [0.4, 0.5) is 5.69 Å². The number of hydrogen-bond acceptors (Lipinski definition) is 5. The average Bonchev–Trinajstić information content (AvgIpc) is 2.58. The van der Waals surface area contributed by atoms with Crippen molar-refractivity contribution in [3.63, 3.8) is 0 Å². The van der Waals surface area contributed by atoms with Crippen LogP contribution >= 0.6 is 0 Å². The van der Waals surface area contributed by atoms with Crippen molar-refractivity contribution in [2.75, 3.05) is 17.8 Å². The van der Waals surface area contributed by atoms with Crippen molar-refractivity contribution in [1.82, 2.24) is 10.3 Å². The zero-order valence-corrected chi connectivity index (χ0v) is 13.4. The lowest BCUT2D eigenvalue weighted by Crippen LogP contribution is -2.34. The molecule has 1 aromatic carbocycles. The standard InChI is InChI=1S/C16H19N3O3S/c20-23(21,15-4-2-1-3-5-15)19-13-6-7-16(18-12-13)22-14-8-10-17-11-9-14/h1-7,12,14,17,19H,8-11H2. The fourth-order valence-corrected chi connectivity index (χ4v) is 3.47. The Balaban J connectivity index is 1.65. The topological polar surface area (TPSA) is 80.3 Å². The zero-order valence-electron chi connectivity index (χ0n) is 12.6. The smallest absolute Gasteiger partial charge is 0.261 e. The number of anilines is 1. The molecule has 122 valence electrons. The molecule has 6 nitrogen and oxygen atoms in total. The molecule has 1 saturated heterocycles. The van der Waals surface area contributed by atoms with Crippen molar-refractivity contribution in [3.05, 3.63) is 48.7 Å². The maximum absolute atomic E-state index is 12.2. The number of rotatable bonds is 5. The maximum Gasteiger partial charge on any atom is 0.261 e. The summed E-state index contributed by atoms with van der Waals surface area (Å²) in [6.45, 7) is 1.89. The molecular weight excluding hydrogens is 314 g/mol. The van der Waals surface area contributed by atoms with Crippen LogP contribution in [0.3, 0.4) is 0 Å². The number of pyridine rings is 1. The Kier molecular flexibility index (Phi) is 4.78. The van der Waals surface area contributed by atoms with Crippen LogP contribution in [0.2, 0.25) is 0 Å². The first-order chi connectivity index (χ1) is 11.1. The predicted octanol–water partition coefficient (Wildman–Crippen LogP) is 2.01. The van der Waals surface area contributed by atoms with Crippen molar-refractivity contribution >= 4 is 15.7 Å². The monoisotopic (exact) mass is 333 g/mol. The number of sulfonamides is 1. The van der Waals surface area contributed by atoms with Crippen molar-refractivity contribution in [2.24, 2.45) is 0 Å². The highest BCUT2D eigenvalue weighted by Crippen LogP contribution is 2.19. The molecule has 0 spiro atoms. The van der Waals surface area contributed by atoms with E-state index in [9.17, 15) is 8.42 Å². The quantitative estimate of drug-likeness (QED) is 0.875. The lowest BCUT2D eigenvalue weighted by atomic mass is 10.1. The third kappa shape index (κ3) is 4.20. The predicted molar refractivity (Wildman–Crippen MR) is 88.0 cm³/mol. The molecule has 0 saturated carbocycles. The Morgan fingerprint density at radius 1 is 1.09 bits per heavy atom. The van der Waals surface area contributed by atoms with Gasteiger partial charge in [0, 0.05) is 6.07 Å². The summed E-state index contributed by atoms with van der Waals surface area (Å²) in [5, 5.41) is 3.27. The maximum atomic E-state index is 12.2. The Morgan fingerprint density at radius 2 is 1.83 bits per heavy atom. The zero-order chi connectivity index (χ0) is 16.1. The fraction of sp³-hybridized carbons (Fsp3) is 0.312. The van der Waals surface area contributed by atoms with E-state index in [0.717, 1.165) is 25.9 Å². The van der Waals surface area contributed by atoms with Gasteiger partial charge in [0.1, 0.15) is 6.10 Å². The van der Waals surface area contributed by atoms with Crippen molar-refractivity contribution in [1.29, 1.82) is 0 Å². The number of ether oxygens (including phenoxy) is 1. The molecule has 0 amide bonds. The van der Waals surface area contributed by atoms with E-state index in [2.05, 4.69) is 15.0 Å². The van der Waals surface area contributed by atoms with Gasteiger partial charge in [-0.25, -0.2) is 13.4 Å². The molecule has 2 N–H and O–H groups in total. The fourth-order valence-electron chi connectivity index (χ4n) is 2.41. The Morgan fingerprint density at radius 3 is 2.48 bits per heavy atom. The summed E-state index contributed by atoms with van der Waals surface area (Å²) in [6, 6.07) is 11.6. The van der Waals surface area contributed by atoms with Gasteiger partial charge >= 0.3 is 0 Å². The van der Waals surface area contributed by atoms with Crippen molar-refractivity contribution < 1.29 is 13.2 Å². The second-order valence-corrected chi connectivity index (χ2v) is 7.05. The van der Waals surface area contributed by atoms with Gasteiger partial charge in [0.25, 0.3) is 10.0 Å².